The molecule has 1 saturated carbocycles. The van der Waals surface area contributed by atoms with Crippen LogP contribution in [0.25, 0.3) is 0 Å². The Balaban J connectivity index is 1.67. The van der Waals surface area contributed by atoms with Gasteiger partial charge in [-0.05, 0) is 50.8 Å². The standard InChI is InChI=1S/C13H20N4/c1-2-12(1)17(13-5-8-15-10-16-13)9-11-3-6-14-7-4-11/h5,8,10-12,14H,1-4,6-7,9H2. The summed E-state index contributed by atoms with van der Waals surface area (Å²) >= 11 is 0. The number of piperidine rings is 1. The van der Waals surface area contributed by atoms with E-state index >= 15 is 0 Å². The normalized spacial score (nSPS) is 21.4. The smallest absolute Gasteiger partial charge is 0.132 e. The maximum Gasteiger partial charge on any atom is 0.132 e. The average Bonchev–Trinajstić information content (AvgIpc) is 3.23. The first-order chi connectivity index (χ1) is 8.43. The van der Waals surface area contributed by atoms with E-state index in [0.29, 0.717) is 0 Å². The number of rotatable bonds is 4. The van der Waals surface area contributed by atoms with Crippen molar-refractivity contribution in [2.24, 2.45) is 5.92 Å². The molecule has 2 heterocycles. The van der Waals surface area contributed by atoms with Crippen molar-refractivity contribution in [1.29, 1.82) is 0 Å². The molecule has 2 aliphatic rings. The van der Waals surface area contributed by atoms with Crippen LogP contribution in [0, 0.1) is 5.92 Å². The van der Waals surface area contributed by atoms with Crippen LogP contribution in [-0.4, -0.2) is 35.6 Å². The van der Waals surface area contributed by atoms with Crippen molar-refractivity contribution in [2.45, 2.75) is 31.7 Å². The Morgan fingerprint density at radius 1 is 1.24 bits per heavy atom. The number of hydrogen-bond donors (Lipinski definition) is 1. The fourth-order valence-corrected chi connectivity index (χ4v) is 2.61. The maximum absolute atomic E-state index is 4.41. The van der Waals surface area contributed by atoms with E-state index in [1.165, 1.54) is 45.3 Å². The zero-order valence-corrected chi connectivity index (χ0v) is 10.2. The van der Waals surface area contributed by atoms with Crippen LogP contribution in [0.1, 0.15) is 25.7 Å². The van der Waals surface area contributed by atoms with E-state index in [0.717, 1.165) is 17.8 Å². The molecule has 4 heteroatoms. The second kappa shape index (κ2) is 5.00. The molecule has 1 N–H and O–H groups in total. The molecule has 3 rings (SSSR count). The van der Waals surface area contributed by atoms with E-state index in [1.54, 1.807) is 6.33 Å². The van der Waals surface area contributed by atoms with Crippen LogP contribution in [-0.2, 0) is 0 Å². The Morgan fingerprint density at radius 2 is 2.06 bits per heavy atom. The Labute approximate surface area is 102 Å². The monoisotopic (exact) mass is 232 g/mol. The predicted octanol–water partition coefficient (Wildman–Crippen LogP) is 1.44. The van der Waals surface area contributed by atoms with Gasteiger partial charge in [0.15, 0.2) is 0 Å². The lowest BCUT2D eigenvalue weighted by molar-refractivity contribution is 0.372. The minimum atomic E-state index is 0.736. The van der Waals surface area contributed by atoms with Gasteiger partial charge < -0.3 is 10.2 Å². The molecule has 1 aromatic heterocycles. The van der Waals surface area contributed by atoms with Crippen molar-refractivity contribution in [3.05, 3.63) is 18.6 Å². The average molecular weight is 232 g/mol. The molecule has 0 atom stereocenters. The summed E-state index contributed by atoms with van der Waals surface area (Å²) in [6, 6.07) is 2.78. The molecular weight excluding hydrogens is 212 g/mol. The Kier molecular flexibility index (Phi) is 3.22. The highest BCUT2D eigenvalue weighted by Crippen LogP contribution is 2.32. The van der Waals surface area contributed by atoms with Gasteiger partial charge in [0.05, 0.1) is 0 Å². The van der Waals surface area contributed by atoms with Gasteiger partial charge in [0.1, 0.15) is 12.1 Å². The van der Waals surface area contributed by atoms with Crippen LogP contribution >= 0.6 is 0 Å². The van der Waals surface area contributed by atoms with Gasteiger partial charge in [-0.15, -0.1) is 0 Å². The molecule has 0 amide bonds. The van der Waals surface area contributed by atoms with Gasteiger partial charge in [-0.3, -0.25) is 0 Å². The molecule has 92 valence electrons. The molecule has 0 unspecified atom stereocenters. The highest BCUT2D eigenvalue weighted by atomic mass is 15.2. The van der Waals surface area contributed by atoms with Crippen molar-refractivity contribution in [2.75, 3.05) is 24.5 Å². The van der Waals surface area contributed by atoms with Crippen LogP contribution < -0.4 is 10.2 Å². The molecule has 0 radical (unpaired) electrons. The van der Waals surface area contributed by atoms with Crippen molar-refractivity contribution in [3.63, 3.8) is 0 Å². The van der Waals surface area contributed by atoms with Crippen molar-refractivity contribution in [3.8, 4) is 0 Å². The van der Waals surface area contributed by atoms with E-state index in [-0.39, 0.29) is 0 Å². The van der Waals surface area contributed by atoms with Gasteiger partial charge in [0.25, 0.3) is 0 Å². The third kappa shape index (κ3) is 2.75. The van der Waals surface area contributed by atoms with Crippen LogP contribution in [0.4, 0.5) is 5.82 Å². The van der Waals surface area contributed by atoms with Gasteiger partial charge in [-0.1, -0.05) is 0 Å². The second-order valence-electron chi connectivity index (χ2n) is 5.14. The van der Waals surface area contributed by atoms with E-state index < -0.39 is 0 Å². The summed E-state index contributed by atoms with van der Waals surface area (Å²) in [5.41, 5.74) is 0. The van der Waals surface area contributed by atoms with Gasteiger partial charge in [-0.2, -0.15) is 0 Å². The first kappa shape index (κ1) is 11.0. The van der Waals surface area contributed by atoms with Gasteiger partial charge >= 0.3 is 0 Å². The first-order valence-electron chi connectivity index (χ1n) is 6.67. The maximum atomic E-state index is 4.41. The number of nitrogens with one attached hydrogen (secondary N) is 1. The fraction of sp³-hybridized carbons (Fsp3) is 0.692. The quantitative estimate of drug-likeness (QED) is 0.853. The SMILES string of the molecule is c1cc(N(CC2CCNCC2)C2CC2)ncn1. The summed E-state index contributed by atoms with van der Waals surface area (Å²) in [4.78, 5) is 10.9. The number of anilines is 1. The molecule has 1 saturated heterocycles. The predicted molar refractivity (Wildman–Crippen MR) is 68.0 cm³/mol. The molecule has 0 aromatic carbocycles. The molecule has 1 aromatic rings. The minimum Gasteiger partial charge on any atom is -0.353 e. The summed E-state index contributed by atoms with van der Waals surface area (Å²) < 4.78 is 0. The van der Waals surface area contributed by atoms with Crippen molar-refractivity contribution < 1.29 is 0 Å². The van der Waals surface area contributed by atoms with E-state index in [1.807, 2.05) is 12.3 Å². The second-order valence-corrected chi connectivity index (χ2v) is 5.14. The zero-order chi connectivity index (χ0) is 11.5. The summed E-state index contributed by atoms with van der Waals surface area (Å²) in [6.07, 6.45) is 8.76. The van der Waals surface area contributed by atoms with Gasteiger partial charge in [0.2, 0.25) is 0 Å². The van der Waals surface area contributed by atoms with Crippen molar-refractivity contribution in [1.82, 2.24) is 15.3 Å². The lowest BCUT2D eigenvalue weighted by Gasteiger charge is -2.30. The first-order valence-corrected chi connectivity index (χ1v) is 6.67. The van der Waals surface area contributed by atoms with Crippen LogP contribution in [0.5, 0.6) is 0 Å². The minimum absolute atomic E-state index is 0.736. The summed E-state index contributed by atoms with van der Waals surface area (Å²) in [6.45, 7) is 3.52. The summed E-state index contributed by atoms with van der Waals surface area (Å²) in [5, 5.41) is 3.43. The molecule has 17 heavy (non-hydrogen) atoms. The van der Waals surface area contributed by atoms with E-state index in [2.05, 4.69) is 20.2 Å². The lowest BCUT2D eigenvalue weighted by Crippen LogP contribution is -2.37. The third-order valence-corrected chi connectivity index (χ3v) is 3.76. The molecule has 0 spiro atoms. The van der Waals surface area contributed by atoms with E-state index in [9.17, 15) is 0 Å². The zero-order valence-electron chi connectivity index (χ0n) is 10.2. The molecule has 2 fully saturated rings. The van der Waals surface area contributed by atoms with Crippen LogP contribution in [0.2, 0.25) is 0 Å². The molecule has 1 aliphatic carbocycles. The number of hydrogen-bond acceptors (Lipinski definition) is 4. The molecule has 0 bridgehead atoms. The van der Waals surface area contributed by atoms with Gasteiger partial charge in [0, 0.05) is 18.8 Å². The largest absolute Gasteiger partial charge is 0.353 e. The summed E-state index contributed by atoms with van der Waals surface area (Å²) in [7, 11) is 0. The highest BCUT2D eigenvalue weighted by Gasteiger charge is 2.31. The Hall–Kier alpha value is -1.16. The molecule has 4 nitrogen and oxygen atoms in total. The highest BCUT2D eigenvalue weighted by molar-refractivity contribution is 5.40. The van der Waals surface area contributed by atoms with Gasteiger partial charge in [-0.25, -0.2) is 9.97 Å². The molecule has 1 aliphatic heterocycles. The summed E-state index contributed by atoms with van der Waals surface area (Å²) in [5.74, 6) is 1.94. The topological polar surface area (TPSA) is 41.0 Å². The lowest BCUT2D eigenvalue weighted by atomic mass is 9.97. The molecular formula is C13H20N4. The Bertz CT molecular complexity index is 344. The van der Waals surface area contributed by atoms with Crippen LogP contribution in [0.3, 0.4) is 0 Å². The van der Waals surface area contributed by atoms with Crippen LogP contribution in [0.15, 0.2) is 18.6 Å². The third-order valence-electron chi connectivity index (χ3n) is 3.76. The Morgan fingerprint density at radius 3 is 2.71 bits per heavy atom. The number of aromatic nitrogens is 2. The van der Waals surface area contributed by atoms with Crippen molar-refractivity contribution >= 4 is 5.82 Å². The number of nitrogens with zero attached hydrogens (tertiary/aromatic N) is 3. The van der Waals surface area contributed by atoms with E-state index in [4.69, 9.17) is 0 Å². The fourth-order valence-electron chi connectivity index (χ4n) is 2.61.